The van der Waals surface area contributed by atoms with Crippen molar-refractivity contribution in [2.75, 3.05) is 24.5 Å². The average molecular weight is 416 g/mol. The van der Waals surface area contributed by atoms with Crippen LogP contribution in [0.5, 0.6) is 0 Å². The van der Waals surface area contributed by atoms with E-state index in [2.05, 4.69) is 34.0 Å². The average Bonchev–Trinajstić information content (AvgIpc) is 3.06. The zero-order valence-electron chi connectivity index (χ0n) is 17.7. The maximum atomic E-state index is 13.2. The number of anilines is 1. The zero-order valence-corrected chi connectivity index (χ0v) is 18.5. The highest BCUT2D eigenvalue weighted by molar-refractivity contribution is 7.90. The van der Waals surface area contributed by atoms with Gasteiger partial charge in [-0.1, -0.05) is 32.0 Å². The van der Waals surface area contributed by atoms with Crippen LogP contribution in [0.4, 0.5) is 5.82 Å². The summed E-state index contributed by atoms with van der Waals surface area (Å²) in [7, 11) is -3.73. The minimum Gasteiger partial charge on any atom is -0.353 e. The molecule has 29 heavy (non-hydrogen) atoms. The molecule has 0 aliphatic carbocycles. The Morgan fingerprint density at radius 3 is 2.45 bits per heavy atom. The summed E-state index contributed by atoms with van der Waals surface area (Å²) in [6, 6.07) is 10.3. The van der Waals surface area contributed by atoms with Crippen LogP contribution in [0.15, 0.2) is 47.6 Å². The first-order valence-electron chi connectivity index (χ1n) is 9.93. The molecule has 0 bridgehead atoms. The van der Waals surface area contributed by atoms with Crippen molar-refractivity contribution >= 4 is 26.9 Å². The molecule has 2 aromatic heterocycles. The van der Waals surface area contributed by atoms with E-state index in [1.807, 2.05) is 19.9 Å². The monoisotopic (exact) mass is 415 g/mol. The van der Waals surface area contributed by atoms with Crippen molar-refractivity contribution in [3.8, 4) is 0 Å². The van der Waals surface area contributed by atoms with Crippen molar-refractivity contribution in [1.29, 1.82) is 0 Å². The smallest absolute Gasteiger partial charge is 0.269 e. The van der Waals surface area contributed by atoms with E-state index in [9.17, 15) is 8.42 Å². The standard InChI is InChI=1S/C19H23N5O2S.C2H6/c1-14-11-16-17(23-10-9-22-19(2,3)12-23)20-13-21-18(16)24(14)27(25,26)15-7-5-4-6-8-15;1-2/h4-8,11,13,22H,9-10,12H2,1-3H3;1-2H3. The van der Waals surface area contributed by atoms with Gasteiger partial charge in [0.1, 0.15) is 12.1 Å². The lowest BCUT2D eigenvalue weighted by Crippen LogP contribution is -2.57. The molecule has 3 aromatic rings. The minimum absolute atomic E-state index is 0.0384. The van der Waals surface area contributed by atoms with Gasteiger partial charge in [-0.3, -0.25) is 0 Å². The van der Waals surface area contributed by atoms with Crippen molar-refractivity contribution in [3.63, 3.8) is 0 Å². The maximum Gasteiger partial charge on any atom is 0.269 e. The van der Waals surface area contributed by atoms with Gasteiger partial charge in [-0.05, 0) is 39.0 Å². The van der Waals surface area contributed by atoms with Crippen LogP contribution < -0.4 is 10.2 Å². The Balaban J connectivity index is 0.00000117. The van der Waals surface area contributed by atoms with Crippen LogP contribution in [0.25, 0.3) is 11.0 Å². The largest absolute Gasteiger partial charge is 0.353 e. The van der Waals surface area contributed by atoms with Gasteiger partial charge in [-0.25, -0.2) is 22.4 Å². The Morgan fingerprint density at radius 2 is 1.79 bits per heavy atom. The second-order valence-electron chi connectivity index (χ2n) is 7.53. The lowest BCUT2D eigenvalue weighted by Gasteiger charge is -2.39. The summed E-state index contributed by atoms with van der Waals surface area (Å²) in [4.78, 5) is 11.2. The fourth-order valence-electron chi connectivity index (χ4n) is 3.68. The van der Waals surface area contributed by atoms with Crippen molar-refractivity contribution < 1.29 is 8.42 Å². The SMILES string of the molecule is CC.Cc1cc2c(N3CCNC(C)(C)C3)ncnc2n1S(=O)(=O)c1ccccc1. The van der Waals surface area contributed by atoms with Gasteiger partial charge in [0.05, 0.1) is 10.3 Å². The van der Waals surface area contributed by atoms with E-state index in [0.29, 0.717) is 11.3 Å². The van der Waals surface area contributed by atoms with Crippen LogP contribution in [0.3, 0.4) is 0 Å². The van der Waals surface area contributed by atoms with Gasteiger partial charge >= 0.3 is 0 Å². The van der Waals surface area contributed by atoms with Gasteiger partial charge < -0.3 is 10.2 Å². The predicted octanol–water partition coefficient (Wildman–Crippen LogP) is 3.19. The summed E-state index contributed by atoms with van der Waals surface area (Å²) >= 11 is 0. The number of benzene rings is 1. The summed E-state index contributed by atoms with van der Waals surface area (Å²) in [6.45, 7) is 12.5. The Hall–Kier alpha value is -2.45. The first-order valence-corrected chi connectivity index (χ1v) is 11.4. The van der Waals surface area contributed by atoms with E-state index in [1.165, 1.54) is 10.3 Å². The van der Waals surface area contributed by atoms with Crippen LogP contribution >= 0.6 is 0 Å². The number of aryl methyl sites for hydroxylation is 1. The van der Waals surface area contributed by atoms with Crippen LogP contribution in [-0.4, -0.2) is 47.5 Å². The van der Waals surface area contributed by atoms with E-state index in [1.54, 1.807) is 37.3 Å². The normalized spacial score (nSPS) is 16.4. The molecule has 1 saturated heterocycles. The topological polar surface area (TPSA) is 80.1 Å². The van der Waals surface area contributed by atoms with Crippen molar-refractivity contribution in [2.24, 2.45) is 0 Å². The Kier molecular flexibility index (Phi) is 5.95. The van der Waals surface area contributed by atoms with Crippen molar-refractivity contribution in [1.82, 2.24) is 19.3 Å². The summed E-state index contributed by atoms with van der Waals surface area (Å²) < 4.78 is 27.7. The fourth-order valence-corrected chi connectivity index (χ4v) is 5.20. The Labute approximate surface area is 172 Å². The highest BCUT2D eigenvalue weighted by Crippen LogP contribution is 2.30. The molecule has 0 atom stereocenters. The highest BCUT2D eigenvalue weighted by atomic mass is 32.2. The number of nitrogens with zero attached hydrogens (tertiary/aromatic N) is 4. The van der Waals surface area contributed by atoms with Gasteiger partial charge in [0.2, 0.25) is 0 Å². The number of aromatic nitrogens is 3. The molecular formula is C21H29N5O2S. The van der Waals surface area contributed by atoms with Crippen LogP contribution in [0.1, 0.15) is 33.4 Å². The van der Waals surface area contributed by atoms with Gasteiger partial charge in [0, 0.05) is 30.9 Å². The molecule has 1 aliphatic heterocycles. The van der Waals surface area contributed by atoms with E-state index < -0.39 is 10.0 Å². The van der Waals surface area contributed by atoms with Crippen LogP contribution in [-0.2, 0) is 10.0 Å². The molecule has 0 amide bonds. The number of piperazine rings is 1. The molecular weight excluding hydrogens is 386 g/mol. The highest BCUT2D eigenvalue weighted by Gasteiger charge is 2.29. The molecule has 0 radical (unpaired) electrons. The Morgan fingerprint density at radius 1 is 1.10 bits per heavy atom. The molecule has 4 rings (SSSR count). The van der Waals surface area contributed by atoms with Gasteiger partial charge in [0.15, 0.2) is 5.65 Å². The lowest BCUT2D eigenvalue weighted by atomic mass is 10.0. The summed E-state index contributed by atoms with van der Waals surface area (Å²) in [5.41, 5.74) is 0.992. The van der Waals surface area contributed by atoms with E-state index >= 15 is 0 Å². The van der Waals surface area contributed by atoms with E-state index in [4.69, 9.17) is 0 Å². The summed E-state index contributed by atoms with van der Waals surface area (Å²) in [5, 5.41) is 4.24. The lowest BCUT2D eigenvalue weighted by molar-refractivity contribution is 0.352. The molecule has 1 aromatic carbocycles. The van der Waals surface area contributed by atoms with E-state index in [-0.39, 0.29) is 10.4 Å². The van der Waals surface area contributed by atoms with Crippen LogP contribution in [0, 0.1) is 6.92 Å². The van der Waals surface area contributed by atoms with Gasteiger partial charge in [-0.15, -0.1) is 0 Å². The van der Waals surface area contributed by atoms with Crippen LogP contribution in [0.2, 0.25) is 0 Å². The number of hydrogen-bond acceptors (Lipinski definition) is 6. The number of rotatable bonds is 3. The molecule has 0 spiro atoms. The van der Waals surface area contributed by atoms with Crippen molar-refractivity contribution in [2.45, 2.75) is 45.1 Å². The molecule has 7 nitrogen and oxygen atoms in total. The van der Waals surface area contributed by atoms with Gasteiger partial charge in [-0.2, -0.15) is 0 Å². The van der Waals surface area contributed by atoms with Crippen molar-refractivity contribution in [3.05, 3.63) is 48.4 Å². The summed E-state index contributed by atoms with van der Waals surface area (Å²) in [5.74, 6) is 0.777. The molecule has 0 unspecified atom stereocenters. The number of nitrogens with one attached hydrogen (secondary N) is 1. The molecule has 3 heterocycles. The fraction of sp³-hybridized carbons (Fsp3) is 0.429. The molecule has 156 valence electrons. The minimum atomic E-state index is -3.73. The number of hydrogen-bond donors (Lipinski definition) is 1. The molecule has 1 fully saturated rings. The number of fused-ring (bicyclic) bond motifs is 1. The molecule has 1 N–H and O–H groups in total. The third-order valence-corrected chi connectivity index (χ3v) is 6.67. The van der Waals surface area contributed by atoms with E-state index in [0.717, 1.165) is 30.8 Å². The third kappa shape index (κ3) is 4.00. The van der Waals surface area contributed by atoms with Gasteiger partial charge in [0.25, 0.3) is 10.0 Å². The zero-order chi connectivity index (χ0) is 21.2. The second-order valence-corrected chi connectivity index (χ2v) is 9.32. The first-order chi connectivity index (χ1) is 13.8. The Bertz CT molecular complexity index is 1090. The quantitative estimate of drug-likeness (QED) is 0.708. The third-order valence-electron chi connectivity index (χ3n) is 4.86. The summed E-state index contributed by atoms with van der Waals surface area (Å²) in [6.07, 6.45) is 1.45. The molecule has 1 aliphatic rings. The molecule has 0 saturated carbocycles. The predicted molar refractivity (Wildman–Crippen MR) is 117 cm³/mol. The first kappa shape index (κ1) is 21.3. The molecule has 8 heteroatoms. The second kappa shape index (κ2) is 8.12. The maximum absolute atomic E-state index is 13.2.